The van der Waals surface area contributed by atoms with E-state index in [1.54, 1.807) is 9.13 Å². The lowest BCUT2D eigenvalue weighted by molar-refractivity contribution is 0.499. The Morgan fingerprint density at radius 2 is 1.81 bits per heavy atom. The lowest BCUT2D eigenvalue weighted by Gasteiger charge is -2.11. The van der Waals surface area contributed by atoms with E-state index in [4.69, 9.17) is 5.73 Å². The summed E-state index contributed by atoms with van der Waals surface area (Å²) in [5.74, 6) is 0.904. The molecule has 0 aliphatic carbocycles. The highest BCUT2D eigenvalue weighted by Gasteiger charge is 2.21. The van der Waals surface area contributed by atoms with E-state index in [0.29, 0.717) is 30.1 Å². The van der Waals surface area contributed by atoms with Crippen LogP contribution in [0.15, 0.2) is 9.59 Å². The summed E-state index contributed by atoms with van der Waals surface area (Å²) in [6.45, 7) is 8.90. The summed E-state index contributed by atoms with van der Waals surface area (Å²) in [5, 5.41) is 0. The molecule has 2 heterocycles. The van der Waals surface area contributed by atoms with Crippen molar-refractivity contribution in [1.82, 2.24) is 18.7 Å². The van der Waals surface area contributed by atoms with Crippen molar-refractivity contribution in [3.63, 3.8) is 0 Å². The van der Waals surface area contributed by atoms with Gasteiger partial charge in [-0.15, -0.1) is 0 Å². The molecule has 0 aliphatic rings. The Morgan fingerprint density at radius 3 is 2.29 bits per heavy atom. The molecule has 0 saturated heterocycles. The van der Waals surface area contributed by atoms with E-state index in [0.717, 1.165) is 4.57 Å². The monoisotopic (exact) mass is 293 g/mol. The lowest BCUT2D eigenvalue weighted by atomic mass is 10.2. The molecule has 0 radical (unpaired) electrons. The quantitative estimate of drug-likeness (QED) is 0.893. The third kappa shape index (κ3) is 2.42. The van der Waals surface area contributed by atoms with Crippen molar-refractivity contribution >= 4 is 11.2 Å². The highest BCUT2D eigenvalue weighted by molar-refractivity contribution is 5.71. The van der Waals surface area contributed by atoms with Crippen LogP contribution in [0.2, 0.25) is 0 Å². The first kappa shape index (κ1) is 15.5. The molecule has 0 aliphatic heterocycles. The van der Waals surface area contributed by atoms with Gasteiger partial charge in [0.2, 0.25) is 0 Å². The first-order valence-corrected chi connectivity index (χ1v) is 7.25. The van der Waals surface area contributed by atoms with Crippen molar-refractivity contribution in [2.24, 2.45) is 18.7 Å². The molecule has 116 valence electrons. The topological polar surface area (TPSA) is 87.8 Å². The van der Waals surface area contributed by atoms with Crippen LogP contribution in [0.3, 0.4) is 0 Å². The average Bonchev–Trinajstić information content (AvgIpc) is 2.80. The normalized spacial score (nSPS) is 13.3. The van der Waals surface area contributed by atoms with Crippen molar-refractivity contribution in [2.45, 2.75) is 46.8 Å². The minimum atomic E-state index is -0.335. The molecule has 0 fully saturated rings. The molecule has 7 heteroatoms. The van der Waals surface area contributed by atoms with Crippen LogP contribution in [-0.4, -0.2) is 18.7 Å². The van der Waals surface area contributed by atoms with Crippen LogP contribution in [0.4, 0.5) is 0 Å². The van der Waals surface area contributed by atoms with Gasteiger partial charge in [-0.2, -0.15) is 0 Å². The van der Waals surface area contributed by atoms with Gasteiger partial charge in [-0.05, 0) is 19.8 Å². The van der Waals surface area contributed by atoms with Gasteiger partial charge < -0.3 is 10.3 Å². The smallest absolute Gasteiger partial charge is 0.322 e. The zero-order valence-electron chi connectivity index (χ0n) is 13.3. The molecule has 2 rings (SSSR count). The van der Waals surface area contributed by atoms with E-state index in [9.17, 15) is 9.59 Å². The van der Waals surface area contributed by atoms with E-state index in [2.05, 4.69) is 4.98 Å². The van der Waals surface area contributed by atoms with E-state index >= 15 is 0 Å². The molecule has 0 aromatic carbocycles. The second-order valence-corrected chi connectivity index (χ2v) is 5.83. The maximum absolute atomic E-state index is 12.5. The van der Waals surface area contributed by atoms with Gasteiger partial charge in [-0.1, -0.05) is 13.8 Å². The van der Waals surface area contributed by atoms with E-state index < -0.39 is 0 Å². The number of nitrogens with zero attached hydrogens (tertiary/aromatic N) is 4. The lowest BCUT2D eigenvalue weighted by Crippen LogP contribution is -2.39. The molecule has 2 aromatic rings. The molecular formula is C14H23N5O2. The fraction of sp³-hybridized carbons (Fsp3) is 0.643. The summed E-state index contributed by atoms with van der Waals surface area (Å²) < 4.78 is 4.52. The first-order chi connectivity index (χ1) is 9.79. The number of hydrogen-bond donors (Lipinski definition) is 1. The Bertz CT molecular complexity index is 779. The number of nitrogens with two attached hydrogens (primary N) is 1. The van der Waals surface area contributed by atoms with Crippen LogP contribution in [0.1, 0.15) is 39.6 Å². The second-order valence-electron chi connectivity index (χ2n) is 5.83. The van der Waals surface area contributed by atoms with Crippen LogP contribution in [0.5, 0.6) is 0 Å². The average molecular weight is 293 g/mol. The minimum absolute atomic E-state index is 0.272. The zero-order valence-corrected chi connectivity index (χ0v) is 13.3. The highest BCUT2D eigenvalue weighted by Crippen LogP contribution is 2.16. The molecule has 0 saturated carbocycles. The second kappa shape index (κ2) is 5.48. The fourth-order valence-electron chi connectivity index (χ4n) is 2.57. The molecule has 21 heavy (non-hydrogen) atoms. The van der Waals surface area contributed by atoms with Gasteiger partial charge in [-0.3, -0.25) is 13.9 Å². The summed E-state index contributed by atoms with van der Waals surface area (Å²) in [4.78, 5) is 29.3. The Kier molecular flexibility index (Phi) is 4.04. The summed E-state index contributed by atoms with van der Waals surface area (Å²) in [6, 6.07) is -0.301. The Balaban J connectivity index is 2.98. The molecule has 0 amide bonds. The standard InChI is InChI=1S/C14H23N5O2/c1-6-18-10-12(16-11(18)9(4)15)19(7-8(2)3)14(21)17(5)13(10)20/h8-9H,6-7,15H2,1-5H3. The van der Waals surface area contributed by atoms with E-state index in [1.807, 2.05) is 27.7 Å². The SMILES string of the molecule is CCn1c(C(C)N)nc2c1c(=O)n(C)c(=O)n2CC(C)C. The van der Waals surface area contributed by atoms with Crippen molar-refractivity contribution in [1.29, 1.82) is 0 Å². The molecular weight excluding hydrogens is 270 g/mol. The van der Waals surface area contributed by atoms with E-state index in [-0.39, 0.29) is 23.2 Å². The van der Waals surface area contributed by atoms with Crippen molar-refractivity contribution in [2.75, 3.05) is 0 Å². The van der Waals surface area contributed by atoms with Gasteiger partial charge in [0.15, 0.2) is 11.2 Å². The molecule has 1 unspecified atom stereocenters. The van der Waals surface area contributed by atoms with Gasteiger partial charge >= 0.3 is 5.69 Å². The Labute approximate surface area is 123 Å². The third-order valence-electron chi connectivity index (χ3n) is 3.53. The summed E-state index contributed by atoms with van der Waals surface area (Å²) in [6.07, 6.45) is 0. The van der Waals surface area contributed by atoms with Gasteiger partial charge in [0.25, 0.3) is 5.56 Å². The number of aryl methyl sites for hydroxylation is 1. The van der Waals surface area contributed by atoms with Crippen LogP contribution in [0.25, 0.3) is 11.2 Å². The maximum Gasteiger partial charge on any atom is 0.332 e. The number of rotatable bonds is 4. The van der Waals surface area contributed by atoms with Crippen LogP contribution in [-0.2, 0) is 20.1 Å². The molecule has 1 atom stereocenters. The number of hydrogen-bond acceptors (Lipinski definition) is 4. The number of aromatic nitrogens is 4. The molecule has 0 spiro atoms. The van der Waals surface area contributed by atoms with Gasteiger partial charge in [-0.25, -0.2) is 9.78 Å². The largest absolute Gasteiger partial charge is 0.332 e. The Morgan fingerprint density at radius 1 is 1.19 bits per heavy atom. The summed E-state index contributed by atoms with van der Waals surface area (Å²) >= 11 is 0. The predicted molar refractivity (Wildman–Crippen MR) is 82.3 cm³/mol. The van der Waals surface area contributed by atoms with E-state index in [1.165, 1.54) is 7.05 Å². The third-order valence-corrected chi connectivity index (χ3v) is 3.53. The molecule has 2 aromatic heterocycles. The Hall–Kier alpha value is -1.89. The molecule has 7 nitrogen and oxygen atoms in total. The van der Waals surface area contributed by atoms with Crippen LogP contribution in [0, 0.1) is 5.92 Å². The maximum atomic E-state index is 12.5. The fourth-order valence-corrected chi connectivity index (χ4v) is 2.57. The van der Waals surface area contributed by atoms with Gasteiger partial charge in [0.1, 0.15) is 5.82 Å². The van der Waals surface area contributed by atoms with Crippen molar-refractivity contribution in [3.05, 3.63) is 26.7 Å². The summed E-state index contributed by atoms with van der Waals surface area (Å²) in [5.41, 5.74) is 6.18. The van der Waals surface area contributed by atoms with Crippen LogP contribution < -0.4 is 17.0 Å². The van der Waals surface area contributed by atoms with Gasteiger partial charge in [0, 0.05) is 20.1 Å². The molecule has 2 N–H and O–H groups in total. The summed E-state index contributed by atoms with van der Waals surface area (Å²) in [7, 11) is 1.50. The number of fused-ring (bicyclic) bond motifs is 1. The minimum Gasteiger partial charge on any atom is -0.322 e. The van der Waals surface area contributed by atoms with Crippen molar-refractivity contribution < 1.29 is 0 Å². The predicted octanol–water partition coefficient (Wildman–Crippen LogP) is 0.592. The first-order valence-electron chi connectivity index (χ1n) is 7.25. The van der Waals surface area contributed by atoms with Crippen LogP contribution >= 0.6 is 0 Å². The highest BCUT2D eigenvalue weighted by atomic mass is 16.2. The van der Waals surface area contributed by atoms with Gasteiger partial charge in [0.05, 0.1) is 6.04 Å². The molecule has 0 bridgehead atoms. The zero-order chi connectivity index (χ0) is 15.9. The number of imidazole rings is 1. The van der Waals surface area contributed by atoms with Crippen molar-refractivity contribution in [3.8, 4) is 0 Å².